The minimum atomic E-state index is -0.485. The van der Waals surface area contributed by atoms with Gasteiger partial charge in [-0.2, -0.15) is 0 Å². The van der Waals surface area contributed by atoms with Crippen molar-refractivity contribution in [2.75, 3.05) is 33.7 Å². The van der Waals surface area contributed by atoms with E-state index in [1.54, 1.807) is 14.1 Å². The molecule has 1 amide bonds. The monoisotopic (exact) mass is 373 g/mol. The predicted molar refractivity (Wildman–Crippen MR) is 112 cm³/mol. The average Bonchev–Trinajstić information content (AvgIpc) is 2.71. The van der Waals surface area contributed by atoms with E-state index in [1.807, 2.05) is 13.8 Å². The van der Waals surface area contributed by atoms with Crippen molar-refractivity contribution in [2.45, 2.75) is 45.7 Å². The third kappa shape index (κ3) is 5.96. The SMILES string of the molecule is CN=C(NCC(C)(C)C(=O)NC)NC1CCN(C(C)c2ccccc2)CC1. The van der Waals surface area contributed by atoms with Crippen molar-refractivity contribution >= 4 is 11.9 Å². The molecule has 1 aliphatic heterocycles. The van der Waals surface area contributed by atoms with Crippen molar-refractivity contribution in [3.63, 3.8) is 0 Å². The molecule has 0 saturated carbocycles. The fourth-order valence-electron chi connectivity index (χ4n) is 3.48. The number of guanidine groups is 1. The van der Waals surface area contributed by atoms with E-state index in [2.05, 4.69) is 63.1 Å². The lowest BCUT2D eigenvalue weighted by atomic mass is 9.92. The van der Waals surface area contributed by atoms with E-state index >= 15 is 0 Å². The van der Waals surface area contributed by atoms with Crippen molar-refractivity contribution in [1.82, 2.24) is 20.9 Å². The third-order valence-electron chi connectivity index (χ3n) is 5.46. The summed E-state index contributed by atoms with van der Waals surface area (Å²) in [6, 6.07) is 11.5. The molecule has 6 nitrogen and oxygen atoms in total. The van der Waals surface area contributed by atoms with Crippen molar-refractivity contribution < 1.29 is 4.79 Å². The summed E-state index contributed by atoms with van der Waals surface area (Å²) in [5.41, 5.74) is 0.888. The Hall–Kier alpha value is -2.08. The highest BCUT2D eigenvalue weighted by Crippen LogP contribution is 2.24. The zero-order chi connectivity index (χ0) is 19.9. The molecule has 0 spiro atoms. The number of hydrogen-bond donors (Lipinski definition) is 3. The van der Waals surface area contributed by atoms with Gasteiger partial charge in [-0.15, -0.1) is 0 Å². The minimum Gasteiger partial charge on any atom is -0.359 e. The molecule has 1 aromatic carbocycles. The summed E-state index contributed by atoms with van der Waals surface area (Å²) in [6.07, 6.45) is 2.16. The second-order valence-electron chi connectivity index (χ2n) is 7.93. The van der Waals surface area contributed by atoms with Gasteiger partial charge >= 0.3 is 0 Å². The van der Waals surface area contributed by atoms with Gasteiger partial charge in [-0.3, -0.25) is 14.7 Å². The highest BCUT2D eigenvalue weighted by atomic mass is 16.2. The number of nitrogens with one attached hydrogen (secondary N) is 3. The number of rotatable bonds is 6. The van der Waals surface area contributed by atoms with Crippen LogP contribution in [0.1, 0.15) is 45.2 Å². The van der Waals surface area contributed by atoms with Crippen LogP contribution in [0, 0.1) is 5.41 Å². The highest BCUT2D eigenvalue weighted by Gasteiger charge is 2.28. The maximum Gasteiger partial charge on any atom is 0.227 e. The lowest BCUT2D eigenvalue weighted by Crippen LogP contribution is -2.51. The first-order valence-electron chi connectivity index (χ1n) is 9.85. The largest absolute Gasteiger partial charge is 0.359 e. The van der Waals surface area contributed by atoms with Gasteiger partial charge in [-0.05, 0) is 39.2 Å². The summed E-state index contributed by atoms with van der Waals surface area (Å²) in [7, 11) is 3.44. The minimum absolute atomic E-state index is 0.0219. The van der Waals surface area contributed by atoms with Gasteiger partial charge in [0, 0.05) is 45.8 Å². The maximum absolute atomic E-state index is 11.9. The van der Waals surface area contributed by atoms with Crippen molar-refractivity contribution in [2.24, 2.45) is 10.4 Å². The number of carbonyl (C=O) groups excluding carboxylic acids is 1. The van der Waals surface area contributed by atoms with Crippen LogP contribution >= 0.6 is 0 Å². The maximum atomic E-state index is 11.9. The van der Waals surface area contributed by atoms with Crippen LogP contribution in [-0.2, 0) is 4.79 Å². The molecular weight excluding hydrogens is 338 g/mol. The number of piperidine rings is 1. The number of amides is 1. The summed E-state index contributed by atoms with van der Waals surface area (Å²) in [5, 5.41) is 9.52. The number of likely N-dealkylation sites (tertiary alicyclic amines) is 1. The Morgan fingerprint density at radius 1 is 1.26 bits per heavy atom. The topological polar surface area (TPSA) is 68.8 Å². The molecule has 1 fully saturated rings. The smallest absolute Gasteiger partial charge is 0.227 e. The van der Waals surface area contributed by atoms with Crippen molar-refractivity contribution in [3.8, 4) is 0 Å². The van der Waals surface area contributed by atoms with Gasteiger partial charge in [-0.1, -0.05) is 30.3 Å². The van der Waals surface area contributed by atoms with E-state index in [1.165, 1.54) is 5.56 Å². The van der Waals surface area contributed by atoms with Gasteiger partial charge in [0.1, 0.15) is 0 Å². The van der Waals surface area contributed by atoms with Crippen LogP contribution in [0.25, 0.3) is 0 Å². The molecule has 1 heterocycles. The number of hydrogen-bond acceptors (Lipinski definition) is 3. The second-order valence-corrected chi connectivity index (χ2v) is 7.93. The molecule has 27 heavy (non-hydrogen) atoms. The van der Waals surface area contributed by atoms with E-state index in [0.29, 0.717) is 18.6 Å². The summed E-state index contributed by atoms with van der Waals surface area (Å²) in [5.74, 6) is 0.787. The van der Waals surface area contributed by atoms with E-state index < -0.39 is 5.41 Å². The molecular formula is C21H35N5O. The lowest BCUT2D eigenvalue weighted by molar-refractivity contribution is -0.128. The van der Waals surface area contributed by atoms with E-state index in [0.717, 1.165) is 31.9 Å². The lowest BCUT2D eigenvalue weighted by Gasteiger charge is -2.37. The summed E-state index contributed by atoms with van der Waals surface area (Å²) >= 11 is 0. The second kappa shape index (κ2) is 9.74. The Bertz CT molecular complexity index is 621. The molecule has 3 N–H and O–H groups in total. The fourth-order valence-corrected chi connectivity index (χ4v) is 3.48. The Balaban J connectivity index is 1.81. The summed E-state index contributed by atoms with van der Waals surface area (Å²) in [6.45, 7) is 8.80. The first-order valence-corrected chi connectivity index (χ1v) is 9.85. The van der Waals surface area contributed by atoms with Crippen LogP contribution in [0.4, 0.5) is 0 Å². The van der Waals surface area contributed by atoms with E-state index in [4.69, 9.17) is 0 Å². The highest BCUT2D eigenvalue weighted by molar-refractivity contribution is 5.84. The summed E-state index contributed by atoms with van der Waals surface area (Å²) in [4.78, 5) is 18.8. The fraction of sp³-hybridized carbons (Fsp3) is 0.619. The Labute approximate surface area is 163 Å². The molecule has 1 aromatic rings. The van der Waals surface area contributed by atoms with Gasteiger partial charge in [0.25, 0.3) is 0 Å². The molecule has 0 aromatic heterocycles. The van der Waals surface area contributed by atoms with Crippen LogP contribution in [0.5, 0.6) is 0 Å². The molecule has 1 saturated heterocycles. The quantitative estimate of drug-likeness (QED) is 0.528. The first-order chi connectivity index (χ1) is 12.9. The van der Waals surface area contributed by atoms with Crippen molar-refractivity contribution in [1.29, 1.82) is 0 Å². The third-order valence-corrected chi connectivity index (χ3v) is 5.46. The van der Waals surface area contributed by atoms with E-state index in [-0.39, 0.29) is 5.91 Å². The van der Waals surface area contributed by atoms with Gasteiger partial charge < -0.3 is 16.0 Å². The summed E-state index contributed by atoms with van der Waals surface area (Å²) < 4.78 is 0. The van der Waals surface area contributed by atoms with Gasteiger partial charge in [0.15, 0.2) is 5.96 Å². The first kappa shape index (κ1) is 21.2. The molecule has 0 radical (unpaired) electrons. The Kier molecular flexibility index (Phi) is 7.66. The zero-order valence-corrected chi connectivity index (χ0v) is 17.4. The number of aliphatic imine (C=N–C) groups is 1. The molecule has 0 aliphatic carbocycles. The molecule has 1 aliphatic rings. The van der Waals surface area contributed by atoms with Crippen LogP contribution in [-0.4, -0.2) is 56.5 Å². The zero-order valence-electron chi connectivity index (χ0n) is 17.4. The Morgan fingerprint density at radius 2 is 1.89 bits per heavy atom. The Morgan fingerprint density at radius 3 is 2.44 bits per heavy atom. The van der Waals surface area contributed by atoms with E-state index in [9.17, 15) is 4.79 Å². The van der Waals surface area contributed by atoms with Gasteiger partial charge in [-0.25, -0.2) is 0 Å². The molecule has 0 bridgehead atoms. The van der Waals surface area contributed by atoms with Crippen LogP contribution in [0.2, 0.25) is 0 Å². The average molecular weight is 374 g/mol. The normalized spacial score (nSPS) is 18.0. The molecule has 2 rings (SSSR count). The molecule has 150 valence electrons. The van der Waals surface area contributed by atoms with Gasteiger partial charge in [0.05, 0.1) is 5.41 Å². The van der Waals surface area contributed by atoms with Crippen LogP contribution in [0.3, 0.4) is 0 Å². The van der Waals surface area contributed by atoms with Crippen molar-refractivity contribution in [3.05, 3.63) is 35.9 Å². The number of benzene rings is 1. The molecule has 1 atom stereocenters. The number of carbonyl (C=O) groups is 1. The standard InChI is InChI=1S/C21H35N5O/c1-16(17-9-7-6-8-10-17)26-13-11-18(12-14-26)25-20(23-5)24-15-21(2,3)19(27)22-4/h6-10,16,18H,11-15H2,1-5H3,(H,22,27)(H2,23,24,25). The predicted octanol–water partition coefficient (Wildman–Crippen LogP) is 2.15. The molecule has 6 heteroatoms. The number of nitrogens with zero attached hydrogens (tertiary/aromatic N) is 2. The van der Waals surface area contributed by atoms with Crippen LogP contribution < -0.4 is 16.0 Å². The van der Waals surface area contributed by atoms with Crippen LogP contribution in [0.15, 0.2) is 35.3 Å². The molecule has 1 unspecified atom stereocenters. The van der Waals surface area contributed by atoms with Gasteiger partial charge in [0.2, 0.25) is 5.91 Å².